The number of hydrogen-bond donors (Lipinski definition) is 1. The molecule has 0 saturated carbocycles. The lowest BCUT2D eigenvalue weighted by Crippen LogP contribution is -2.30. The number of anilines is 1. The summed E-state index contributed by atoms with van der Waals surface area (Å²) < 4.78 is 0.992. The fourth-order valence-electron chi connectivity index (χ4n) is 1.63. The molecule has 0 bridgehead atoms. The first-order valence-corrected chi connectivity index (χ1v) is 7.62. The molecule has 2 rings (SSSR count). The van der Waals surface area contributed by atoms with E-state index in [1.54, 1.807) is 23.3 Å². The van der Waals surface area contributed by atoms with Crippen LogP contribution in [0.1, 0.15) is 4.88 Å². The van der Waals surface area contributed by atoms with Crippen molar-refractivity contribution in [1.29, 1.82) is 0 Å². The second kappa shape index (κ2) is 6.68. The number of rotatable bonds is 4. The number of benzene rings is 1. The number of nitrogens with one attached hydrogen (secondary N) is 1. The van der Waals surface area contributed by atoms with Crippen LogP contribution < -0.4 is 5.32 Å². The number of halogens is 1. The van der Waals surface area contributed by atoms with E-state index in [4.69, 9.17) is 0 Å². The Bertz CT molecular complexity index is 657. The molecule has 0 aliphatic heterocycles. The molecule has 0 aliphatic rings. The van der Waals surface area contributed by atoms with E-state index in [9.17, 15) is 14.9 Å². The number of nitro benzene ring substituents is 1. The minimum absolute atomic E-state index is 0.00945. The zero-order valence-electron chi connectivity index (χ0n) is 11.1. The first-order valence-electron chi connectivity index (χ1n) is 5.95. The van der Waals surface area contributed by atoms with Crippen molar-refractivity contribution in [1.82, 2.24) is 4.90 Å². The number of amides is 2. The summed E-state index contributed by atoms with van der Waals surface area (Å²) in [4.78, 5) is 24.7. The zero-order chi connectivity index (χ0) is 15.4. The third-order valence-electron chi connectivity index (χ3n) is 2.69. The monoisotopic (exact) mass is 369 g/mol. The highest BCUT2D eigenvalue weighted by Gasteiger charge is 2.11. The van der Waals surface area contributed by atoms with E-state index < -0.39 is 4.92 Å². The molecule has 6 nitrogen and oxygen atoms in total. The lowest BCUT2D eigenvalue weighted by Gasteiger charge is -2.17. The van der Waals surface area contributed by atoms with Crippen molar-refractivity contribution in [2.24, 2.45) is 0 Å². The topological polar surface area (TPSA) is 75.5 Å². The predicted octanol–water partition coefficient (Wildman–Crippen LogP) is 4.08. The Kier molecular flexibility index (Phi) is 4.92. The maximum Gasteiger partial charge on any atom is 0.321 e. The summed E-state index contributed by atoms with van der Waals surface area (Å²) in [5, 5.41) is 15.2. The van der Waals surface area contributed by atoms with Crippen LogP contribution in [0.25, 0.3) is 0 Å². The van der Waals surface area contributed by atoms with Gasteiger partial charge in [0.2, 0.25) is 0 Å². The quantitative estimate of drug-likeness (QED) is 0.651. The Morgan fingerprint density at radius 2 is 2.10 bits per heavy atom. The molecule has 0 unspecified atom stereocenters. The van der Waals surface area contributed by atoms with Crippen LogP contribution in [0.5, 0.6) is 0 Å². The van der Waals surface area contributed by atoms with Gasteiger partial charge in [0.25, 0.3) is 5.69 Å². The molecule has 1 N–H and O–H groups in total. The average Bonchev–Trinajstić information content (AvgIpc) is 2.84. The van der Waals surface area contributed by atoms with Crippen LogP contribution in [0.2, 0.25) is 0 Å². The molecule has 0 atom stereocenters. The summed E-state index contributed by atoms with van der Waals surface area (Å²) in [6, 6.07) is 7.41. The van der Waals surface area contributed by atoms with E-state index in [0.717, 1.165) is 9.35 Å². The van der Waals surface area contributed by atoms with E-state index in [1.807, 2.05) is 11.4 Å². The Labute approximate surface area is 133 Å². The van der Waals surface area contributed by atoms with Crippen molar-refractivity contribution in [3.63, 3.8) is 0 Å². The van der Waals surface area contributed by atoms with Gasteiger partial charge in [-0.2, -0.15) is 0 Å². The van der Waals surface area contributed by atoms with Crippen molar-refractivity contribution in [3.8, 4) is 0 Å². The van der Waals surface area contributed by atoms with Crippen molar-refractivity contribution >= 4 is 44.7 Å². The highest BCUT2D eigenvalue weighted by Crippen LogP contribution is 2.21. The fourth-order valence-corrected chi connectivity index (χ4v) is 3.13. The summed E-state index contributed by atoms with van der Waals surface area (Å²) in [7, 11) is 1.69. The lowest BCUT2D eigenvalue weighted by atomic mass is 10.3. The molecule has 110 valence electrons. The van der Waals surface area contributed by atoms with Gasteiger partial charge in [-0.25, -0.2) is 4.79 Å². The van der Waals surface area contributed by atoms with Crippen molar-refractivity contribution < 1.29 is 9.72 Å². The molecule has 8 heteroatoms. The van der Waals surface area contributed by atoms with E-state index in [1.165, 1.54) is 24.3 Å². The van der Waals surface area contributed by atoms with Crippen LogP contribution in [0.3, 0.4) is 0 Å². The molecule has 0 spiro atoms. The molecule has 1 heterocycles. The maximum atomic E-state index is 12.0. The predicted molar refractivity (Wildman–Crippen MR) is 85.6 cm³/mol. The van der Waals surface area contributed by atoms with Crippen LogP contribution in [0.15, 0.2) is 40.2 Å². The number of nitro groups is 1. The Balaban J connectivity index is 1.95. The Morgan fingerprint density at radius 1 is 1.43 bits per heavy atom. The zero-order valence-corrected chi connectivity index (χ0v) is 13.5. The second-order valence-electron chi connectivity index (χ2n) is 4.32. The lowest BCUT2D eigenvalue weighted by molar-refractivity contribution is -0.384. The number of hydrogen-bond acceptors (Lipinski definition) is 4. The van der Waals surface area contributed by atoms with Gasteiger partial charge in [-0.05, 0) is 34.1 Å². The highest BCUT2D eigenvalue weighted by molar-refractivity contribution is 9.10. The van der Waals surface area contributed by atoms with E-state index in [-0.39, 0.29) is 11.7 Å². The van der Waals surface area contributed by atoms with Gasteiger partial charge >= 0.3 is 6.03 Å². The van der Waals surface area contributed by atoms with Gasteiger partial charge in [0.15, 0.2) is 0 Å². The summed E-state index contributed by atoms with van der Waals surface area (Å²) in [6.07, 6.45) is 0. The average molecular weight is 370 g/mol. The molecule has 0 fully saturated rings. The van der Waals surface area contributed by atoms with Crippen molar-refractivity contribution in [3.05, 3.63) is 55.2 Å². The van der Waals surface area contributed by atoms with Crippen LogP contribution in [0.4, 0.5) is 16.2 Å². The summed E-state index contributed by atoms with van der Waals surface area (Å²) >= 11 is 4.93. The third kappa shape index (κ3) is 4.27. The van der Waals surface area contributed by atoms with Gasteiger partial charge in [0, 0.05) is 39.6 Å². The molecule has 21 heavy (non-hydrogen) atoms. The minimum Gasteiger partial charge on any atom is -0.322 e. The standard InChI is InChI=1S/C13H12BrN3O3S/c1-16(7-12-6-9(14)8-21-12)13(18)15-10-2-4-11(5-3-10)17(19)20/h2-6,8H,7H2,1H3,(H,15,18). The van der Waals surface area contributed by atoms with Gasteiger partial charge in [0.1, 0.15) is 0 Å². The van der Waals surface area contributed by atoms with E-state index in [0.29, 0.717) is 12.2 Å². The van der Waals surface area contributed by atoms with Crippen molar-refractivity contribution in [2.45, 2.75) is 6.54 Å². The van der Waals surface area contributed by atoms with E-state index >= 15 is 0 Å². The second-order valence-corrected chi connectivity index (χ2v) is 6.23. The molecule has 1 aromatic heterocycles. The van der Waals surface area contributed by atoms with Gasteiger partial charge in [-0.3, -0.25) is 10.1 Å². The molecule has 0 saturated heterocycles. The number of thiophene rings is 1. The van der Waals surface area contributed by atoms with Crippen LogP contribution in [-0.4, -0.2) is 22.9 Å². The van der Waals surface area contributed by atoms with E-state index in [2.05, 4.69) is 21.2 Å². The number of nitrogens with zero attached hydrogens (tertiary/aromatic N) is 2. The Morgan fingerprint density at radius 3 is 2.62 bits per heavy atom. The van der Waals surface area contributed by atoms with Gasteiger partial charge < -0.3 is 10.2 Å². The normalized spacial score (nSPS) is 10.2. The van der Waals surface area contributed by atoms with Gasteiger partial charge in [0.05, 0.1) is 11.5 Å². The van der Waals surface area contributed by atoms with Crippen LogP contribution >= 0.6 is 27.3 Å². The number of carbonyl (C=O) groups is 1. The largest absolute Gasteiger partial charge is 0.322 e. The smallest absolute Gasteiger partial charge is 0.321 e. The molecule has 1 aromatic carbocycles. The first kappa shape index (κ1) is 15.5. The third-order valence-corrected chi connectivity index (χ3v) is 4.37. The fraction of sp³-hybridized carbons (Fsp3) is 0.154. The molecule has 2 amide bonds. The SMILES string of the molecule is CN(Cc1cc(Br)cs1)C(=O)Nc1ccc([N+](=O)[O-])cc1. The summed E-state index contributed by atoms with van der Waals surface area (Å²) in [5.74, 6) is 0. The maximum absolute atomic E-state index is 12.0. The number of carbonyl (C=O) groups excluding carboxylic acids is 1. The number of non-ortho nitro benzene ring substituents is 1. The summed E-state index contributed by atoms with van der Waals surface area (Å²) in [6.45, 7) is 0.495. The molecule has 0 radical (unpaired) electrons. The molecule has 0 aliphatic carbocycles. The number of urea groups is 1. The first-order chi connectivity index (χ1) is 9.95. The van der Waals surface area contributed by atoms with Gasteiger partial charge in [-0.15, -0.1) is 11.3 Å². The minimum atomic E-state index is -0.480. The highest BCUT2D eigenvalue weighted by atomic mass is 79.9. The summed E-state index contributed by atoms with van der Waals surface area (Å²) in [5.41, 5.74) is 0.509. The molecular formula is C13H12BrN3O3S. The molecule has 2 aromatic rings. The van der Waals surface area contributed by atoms with Crippen LogP contribution in [0, 0.1) is 10.1 Å². The van der Waals surface area contributed by atoms with Crippen molar-refractivity contribution in [2.75, 3.05) is 12.4 Å². The molecular weight excluding hydrogens is 358 g/mol. The van der Waals surface area contributed by atoms with Crippen LogP contribution in [-0.2, 0) is 6.54 Å². The Hall–Kier alpha value is -1.93. The van der Waals surface area contributed by atoms with Gasteiger partial charge in [-0.1, -0.05) is 0 Å².